The summed E-state index contributed by atoms with van der Waals surface area (Å²) in [6.45, 7) is 6.40. The molecule has 0 aromatic heterocycles. The molecule has 6 heteroatoms. The largest absolute Gasteiger partial charge is 0.462 e. The molecule has 0 aromatic rings. The number of carbonyl (C=O) groups is 3. The number of hydrogen-bond acceptors (Lipinski definition) is 6. The van der Waals surface area contributed by atoms with Crippen molar-refractivity contribution in [2.75, 3.05) is 13.2 Å². The van der Waals surface area contributed by atoms with Crippen molar-refractivity contribution in [1.29, 1.82) is 0 Å². The Labute approximate surface area is 441 Å². The van der Waals surface area contributed by atoms with Crippen LogP contribution in [0.2, 0.25) is 0 Å². The molecule has 0 saturated heterocycles. The Balaban J connectivity index is 4.60. The van der Waals surface area contributed by atoms with Crippen LogP contribution in [0.5, 0.6) is 0 Å². The predicted octanol–water partition coefficient (Wildman–Crippen LogP) is 19.4. The maximum Gasteiger partial charge on any atom is 0.306 e. The van der Waals surface area contributed by atoms with Crippen LogP contribution in [-0.2, 0) is 28.6 Å². The summed E-state index contributed by atoms with van der Waals surface area (Å²) in [4.78, 5) is 38.2. The van der Waals surface area contributed by atoms with E-state index in [-0.39, 0.29) is 37.5 Å². The highest BCUT2D eigenvalue weighted by Gasteiger charge is 2.19. The molecule has 0 bridgehead atoms. The quantitative estimate of drug-likeness (QED) is 0.0262. The van der Waals surface area contributed by atoms with E-state index >= 15 is 0 Å². The summed E-state index contributed by atoms with van der Waals surface area (Å²) < 4.78 is 16.8. The molecule has 0 N–H and O–H groups in total. The summed E-state index contributed by atoms with van der Waals surface area (Å²) in [6, 6.07) is 0. The first-order valence-electron chi connectivity index (χ1n) is 28.7. The van der Waals surface area contributed by atoms with Crippen molar-refractivity contribution in [1.82, 2.24) is 0 Å². The van der Waals surface area contributed by atoms with Gasteiger partial charge in [-0.25, -0.2) is 0 Å². The molecule has 0 saturated carbocycles. The maximum atomic E-state index is 12.9. The van der Waals surface area contributed by atoms with Crippen molar-refractivity contribution >= 4 is 17.9 Å². The maximum absolute atomic E-state index is 12.9. The smallest absolute Gasteiger partial charge is 0.306 e. The molecule has 0 amide bonds. The second-order valence-electron chi connectivity index (χ2n) is 18.4. The van der Waals surface area contributed by atoms with Crippen LogP contribution in [0.4, 0.5) is 0 Å². The highest BCUT2D eigenvalue weighted by Crippen LogP contribution is 2.13. The van der Waals surface area contributed by atoms with Crippen LogP contribution >= 0.6 is 0 Å². The molecule has 0 aliphatic rings. The topological polar surface area (TPSA) is 78.9 Å². The van der Waals surface area contributed by atoms with Gasteiger partial charge in [0.25, 0.3) is 0 Å². The highest BCUT2D eigenvalue weighted by molar-refractivity contribution is 5.71. The van der Waals surface area contributed by atoms with Crippen LogP contribution in [0.25, 0.3) is 0 Å². The molecule has 0 radical (unpaired) electrons. The zero-order chi connectivity index (χ0) is 52.2. The van der Waals surface area contributed by atoms with Crippen LogP contribution < -0.4 is 0 Å². The summed E-state index contributed by atoms with van der Waals surface area (Å²) in [5, 5.41) is 0. The summed E-state index contributed by atoms with van der Waals surface area (Å²) in [5.41, 5.74) is 0. The molecular formula is C66H102O6. The third-order valence-electron chi connectivity index (χ3n) is 11.5. The van der Waals surface area contributed by atoms with Crippen molar-refractivity contribution in [3.8, 4) is 0 Å². The Bertz CT molecular complexity index is 1660. The molecule has 0 spiro atoms. The second-order valence-corrected chi connectivity index (χ2v) is 18.4. The lowest BCUT2D eigenvalue weighted by Gasteiger charge is -2.18. The molecule has 1 unspecified atom stereocenters. The SMILES string of the molecule is CCC\C=C/C=C\C=C/C=C\C=C/CCCCCCCC(=O)OCC(COC(=O)CCCCCCC\C=C/C=C\C=C/C=C\CCCCC)OC(=O)CCCCCCC\C=C/C=C\C=C/C=C\CCCCC. The van der Waals surface area contributed by atoms with E-state index in [1.54, 1.807) is 0 Å². The number of unbranched alkanes of at least 4 members (excludes halogenated alkanes) is 22. The average Bonchev–Trinajstić information content (AvgIpc) is 3.38. The molecule has 0 fully saturated rings. The first-order valence-corrected chi connectivity index (χ1v) is 28.7. The molecule has 0 aliphatic heterocycles. The van der Waals surface area contributed by atoms with E-state index in [1.165, 1.54) is 44.9 Å². The Kier molecular flexibility index (Phi) is 54.6. The van der Waals surface area contributed by atoms with E-state index in [2.05, 4.69) is 142 Å². The van der Waals surface area contributed by atoms with Gasteiger partial charge in [0.2, 0.25) is 0 Å². The summed E-state index contributed by atoms with van der Waals surface area (Å²) in [7, 11) is 0. The van der Waals surface area contributed by atoms with Gasteiger partial charge in [-0.3, -0.25) is 14.4 Å². The summed E-state index contributed by atoms with van der Waals surface area (Å²) in [5.74, 6) is -0.993. The highest BCUT2D eigenvalue weighted by atomic mass is 16.6. The third kappa shape index (κ3) is 56.0. The lowest BCUT2D eigenvalue weighted by atomic mass is 10.1. The van der Waals surface area contributed by atoms with Gasteiger partial charge in [-0.15, -0.1) is 0 Å². The zero-order valence-electron chi connectivity index (χ0n) is 45.9. The Morgan fingerprint density at radius 2 is 0.528 bits per heavy atom. The number of esters is 3. The predicted molar refractivity (Wildman–Crippen MR) is 311 cm³/mol. The number of rotatable bonds is 49. The van der Waals surface area contributed by atoms with E-state index in [0.29, 0.717) is 12.8 Å². The first-order chi connectivity index (χ1) is 35.5. The van der Waals surface area contributed by atoms with Gasteiger partial charge >= 0.3 is 17.9 Å². The lowest BCUT2D eigenvalue weighted by molar-refractivity contribution is -0.167. The fourth-order valence-electron chi connectivity index (χ4n) is 7.20. The number of carbonyl (C=O) groups excluding carboxylic acids is 3. The van der Waals surface area contributed by atoms with Gasteiger partial charge in [0, 0.05) is 19.3 Å². The number of hydrogen-bond donors (Lipinski definition) is 0. The minimum Gasteiger partial charge on any atom is -0.462 e. The van der Waals surface area contributed by atoms with Gasteiger partial charge in [0.05, 0.1) is 0 Å². The minimum atomic E-state index is -0.821. The summed E-state index contributed by atoms with van der Waals surface area (Å²) in [6.07, 6.45) is 84.9. The fourth-order valence-corrected chi connectivity index (χ4v) is 7.20. The van der Waals surface area contributed by atoms with Crippen molar-refractivity contribution < 1.29 is 28.6 Å². The van der Waals surface area contributed by atoms with Crippen molar-refractivity contribution in [3.63, 3.8) is 0 Å². The van der Waals surface area contributed by atoms with Crippen LogP contribution in [0, 0.1) is 0 Å². The molecule has 0 rings (SSSR count). The molecule has 402 valence electrons. The van der Waals surface area contributed by atoms with E-state index in [1.807, 2.05) is 36.5 Å². The van der Waals surface area contributed by atoms with E-state index in [4.69, 9.17) is 14.2 Å². The van der Waals surface area contributed by atoms with Gasteiger partial charge in [0.1, 0.15) is 13.2 Å². The van der Waals surface area contributed by atoms with Gasteiger partial charge in [-0.1, -0.05) is 269 Å². The lowest BCUT2D eigenvalue weighted by Crippen LogP contribution is -2.30. The number of allylic oxidation sites excluding steroid dienone is 26. The van der Waals surface area contributed by atoms with Gasteiger partial charge < -0.3 is 14.2 Å². The van der Waals surface area contributed by atoms with Crippen molar-refractivity contribution in [3.05, 3.63) is 158 Å². The van der Waals surface area contributed by atoms with Gasteiger partial charge in [-0.05, 0) is 89.9 Å². The van der Waals surface area contributed by atoms with Crippen LogP contribution in [0.3, 0.4) is 0 Å². The van der Waals surface area contributed by atoms with Crippen molar-refractivity contribution in [2.24, 2.45) is 0 Å². The minimum absolute atomic E-state index is 0.116. The Hall–Kier alpha value is -4.97. The molecule has 0 aliphatic carbocycles. The number of ether oxygens (including phenoxy) is 3. The van der Waals surface area contributed by atoms with Crippen LogP contribution in [0.15, 0.2) is 158 Å². The van der Waals surface area contributed by atoms with E-state index in [9.17, 15) is 14.4 Å². The molecule has 6 nitrogen and oxygen atoms in total. The third-order valence-corrected chi connectivity index (χ3v) is 11.5. The Morgan fingerprint density at radius 3 is 0.833 bits per heavy atom. The monoisotopic (exact) mass is 991 g/mol. The van der Waals surface area contributed by atoms with Gasteiger partial charge in [-0.2, -0.15) is 0 Å². The van der Waals surface area contributed by atoms with E-state index < -0.39 is 6.10 Å². The normalized spacial score (nSPS) is 13.3. The Morgan fingerprint density at radius 1 is 0.278 bits per heavy atom. The molecule has 0 aromatic carbocycles. The molecule has 0 heterocycles. The molecular weight excluding hydrogens is 889 g/mol. The molecule has 72 heavy (non-hydrogen) atoms. The van der Waals surface area contributed by atoms with Gasteiger partial charge in [0.15, 0.2) is 6.10 Å². The second kappa shape index (κ2) is 58.6. The van der Waals surface area contributed by atoms with Crippen LogP contribution in [-0.4, -0.2) is 37.2 Å². The zero-order valence-corrected chi connectivity index (χ0v) is 45.9. The standard InChI is InChI=1S/C66H102O6/c1-4-7-10-13-16-19-22-25-28-31-34-37-40-43-46-49-52-55-58-64(67)70-61-63(72-66(69)60-57-54-51-48-45-42-39-36-33-30-27-24-21-18-15-12-9-6-3)62-71-65(68)59-56-53-50-47-44-41-38-35-32-29-26-23-20-17-14-11-8-5-2/h10,13,16-39,63H,4-9,11-12,14-15,40-62H2,1-3H3/b13-10-,19-16-,20-17-,21-18-,25-22-,26-23-,27-24-,31-28-,32-29-,33-30-,37-34-,38-35-,39-36-. The van der Waals surface area contributed by atoms with E-state index in [0.717, 1.165) is 135 Å². The molecule has 1 atom stereocenters. The fraction of sp³-hybridized carbons (Fsp3) is 0.561. The average molecular weight is 992 g/mol. The summed E-state index contributed by atoms with van der Waals surface area (Å²) >= 11 is 0. The van der Waals surface area contributed by atoms with Crippen LogP contribution in [0.1, 0.15) is 220 Å². The first kappa shape index (κ1) is 67.0. The van der Waals surface area contributed by atoms with Crippen molar-refractivity contribution in [2.45, 2.75) is 226 Å².